The zero-order chi connectivity index (χ0) is 13.4. The molecule has 2 nitrogen and oxygen atoms in total. The summed E-state index contributed by atoms with van der Waals surface area (Å²) in [5, 5.41) is 10.5. The zero-order valence-electron chi connectivity index (χ0n) is 12.0. The van der Waals surface area contributed by atoms with Crippen LogP contribution in [0.25, 0.3) is 0 Å². The normalized spacial score (nSPS) is 31.1. The minimum Gasteiger partial charge on any atom is -0.393 e. The molecule has 0 bridgehead atoms. The Kier molecular flexibility index (Phi) is 3.64. The molecule has 104 valence electrons. The molecule has 2 aliphatic rings. The second-order valence-electron chi connectivity index (χ2n) is 6.65. The van der Waals surface area contributed by atoms with E-state index < -0.39 is 0 Å². The number of rotatable bonds is 2. The van der Waals surface area contributed by atoms with E-state index in [1.165, 1.54) is 11.1 Å². The third-order valence-corrected chi connectivity index (χ3v) is 4.78. The molecule has 0 radical (unpaired) electrons. The topological polar surface area (TPSA) is 23.5 Å². The van der Waals surface area contributed by atoms with Gasteiger partial charge in [0.1, 0.15) is 0 Å². The number of aliphatic hydroxyl groups is 1. The number of piperidine rings is 1. The third-order valence-electron chi connectivity index (χ3n) is 4.78. The monoisotopic (exact) mass is 259 g/mol. The molecule has 2 aliphatic heterocycles. The van der Waals surface area contributed by atoms with Gasteiger partial charge in [-0.15, -0.1) is 0 Å². The highest BCUT2D eigenvalue weighted by molar-refractivity contribution is 5.33. The van der Waals surface area contributed by atoms with Crippen LogP contribution in [0.5, 0.6) is 0 Å². The van der Waals surface area contributed by atoms with E-state index in [1.54, 1.807) is 0 Å². The van der Waals surface area contributed by atoms with Crippen molar-refractivity contribution in [2.75, 3.05) is 13.1 Å². The van der Waals surface area contributed by atoms with Crippen molar-refractivity contribution in [2.24, 2.45) is 11.8 Å². The Morgan fingerprint density at radius 3 is 2.89 bits per heavy atom. The molecule has 0 saturated carbocycles. The fourth-order valence-corrected chi connectivity index (χ4v) is 3.88. The minimum absolute atomic E-state index is 0.130. The van der Waals surface area contributed by atoms with Crippen molar-refractivity contribution in [3.05, 3.63) is 35.4 Å². The maximum atomic E-state index is 10.5. The Labute approximate surface area is 116 Å². The molecule has 1 N–H and O–H groups in total. The summed E-state index contributed by atoms with van der Waals surface area (Å²) in [6, 6.07) is 9.22. The highest BCUT2D eigenvalue weighted by Crippen LogP contribution is 2.39. The van der Waals surface area contributed by atoms with Crippen molar-refractivity contribution in [3.63, 3.8) is 0 Å². The minimum atomic E-state index is -0.130. The molecular formula is C17H25NO. The van der Waals surface area contributed by atoms with Crippen LogP contribution in [0.2, 0.25) is 0 Å². The molecule has 1 aromatic rings. The first kappa shape index (κ1) is 13.1. The first-order valence-electron chi connectivity index (χ1n) is 7.65. The van der Waals surface area contributed by atoms with Gasteiger partial charge in [0.05, 0.1) is 6.10 Å². The van der Waals surface area contributed by atoms with Gasteiger partial charge in [-0.1, -0.05) is 38.1 Å². The maximum absolute atomic E-state index is 10.5. The van der Waals surface area contributed by atoms with Crippen molar-refractivity contribution in [1.82, 2.24) is 4.90 Å². The molecule has 1 saturated heterocycles. The van der Waals surface area contributed by atoms with E-state index >= 15 is 0 Å². The Hall–Kier alpha value is -0.860. The average molecular weight is 259 g/mol. The molecule has 0 aromatic heterocycles. The van der Waals surface area contributed by atoms with E-state index in [-0.39, 0.29) is 6.10 Å². The summed E-state index contributed by atoms with van der Waals surface area (Å²) in [6.07, 6.45) is 3.09. The van der Waals surface area contributed by atoms with Crippen molar-refractivity contribution in [2.45, 2.75) is 45.3 Å². The first-order valence-corrected chi connectivity index (χ1v) is 7.65. The lowest BCUT2D eigenvalue weighted by Gasteiger charge is -2.46. The van der Waals surface area contributed by atoms with Crippen LogP contribution in [0.1, 0.15) is 43.9 Å². The Balaban J connectivity index is 1.80. The van der Waals surface area contributed by atoms with Crippen molar-refractivity contribution in [1.29, 1.82) is 0 Å². The molecule has 3 rings (SSSR count). The average Bonchev–Trinajstić information content (AvgIpc) is 2.39. The van der Waals surface area contributed by atoms with Gasteiger partial charge in [-0.2, -0.15) is 0 Å². The quantitative estimate of drug-likeness (QED) is 0.882. The SMILES string of the molecule is CC(C)CC1CN2CCc3ccccc3C2CC1O. The van der Waals surface area contributed by atoms with E-state index in [1.807, 2.05) is 0 Å². The molecule has 0 aliphatic carbocycles. The van der Waals surface area contributed by atoms with E-state index in [4.69, 9.17) is 0 Å². The molecule has 1 aromatic carbocycles. The van der Waals surface area contributed by atoms with Crippen LogP contribution in [0.3, 0.4) is 0 Å². The smallest absolute Gasteiger partial charge is 0.0598 e. The Bertz CT molecular complexity index is 443. The number of nitrogens with zero attached hydrogens (tertiary/aromatic N) is 1. The van der Waals surface area contributed by atoms with E-state index in [0.717, 1.165) is 32.4 Å². The van der Waals surface area contributed by atoms with Gasteiger partial charge >= 0.3 is 0 Å². The number of aliphatic hydroxyl groups excluding tert-OH is 1. The second-order valence-corrected chi connectivity index (χ2v) is 6.65. The number of hydrogen-bond acceptors (Lipinski definition) is 2. The zero-order valence-corrected chi connectivity index (χ0v) is 12.0. The summed E-state index contributed by atoms with van der Waals surface area (Å²) in [5.41, 5.74) is 2.94. The van der Waals surface area contributed by atoms with Gasteiger partial charge in [0.15, 0.2) is 0 Å². The highest BCUT2D eigenvalue weighted by Gasteiger charge is 2.37. The molecule has 2 heterocycles. The fourth-order valence-electron chi connectivity index (χ4n) is 3.88. The summed E-state index contributed by atoms with van der Waals surface area (Å²) >= 11 is 0. The summed E-state index contributed by atoms with van der Waals surface area (Å²) in [6.45, 7) is 6.73. The third kappa shape index (κ3) is 2.56. The Morgan fingerprint density at radius 2 is 2.11 bits per heavy atom. The van der Waals surface area contributed by atoms with Gasteiger partial charge in [0.25, 0.3) is 0 Å². The fraction of sp³-hybridized carbons (Fsp3) is 0.647. The predicted octanol–water partition coefficient (Wildman–Crippen LogP) is 3.01. The summed E-state index contributed by atoms with van der Waals surface area (Å²) < 4.78 is 0. The van der Waals surface area contributed by atoms with Crippen LogP contribution in [-0.4, -0.2) is 29.2 Å². The van der Waals surface area contributed by atoms with Gasteiger partial charge in [-0.05, 0) is 42.2 Å². The largest absolute Gasteiger partial charge is 0.393 e. The van der Waals surface area contributed by atoms with Crippen LogP contribution < -0.4 is 0 Å². The van der Waals surface area contributed by atoms with Crippen molar-refractivity contribution >= 4 is 0 Å². The first-order chi connectivity index (χ1) is 9.15. The molecule has 0 spiro atoms. The molecule has 19 heavy (non-hydrogen) atoms. The summed E-state index contributed by atoms with van der Waals surface area (Å²) in [7, 11) is 0. The predicted molar refractivity (Wildman–Crippen MR) is 78.0 cm³/mol. The van der Waals surface area contributed by atoms with Gasteiger partial charge in [-0.3, -0.25) is 4.90 Å². The second kappa shape index (κ2) is 5.26. The van der Waals surface area contributed by atoms with E-state index in [0.29, 0.717) is 17.9 Å². The number of fused-ring (bicyclic) bond motifs is 3. The highest BCUT2D eigenvalue weighted by atomic mass is 16.3. The standard InChI is InChI=1S/C17H25NO/c1-12(2)9-14-11-18-8-7-13-5-3-4-6-15(13)16(18)10-17(14)19/h3-6,12,14,16-17,19H,7-11H2,1-2H3. The Morgan fingerprint density at radius 1 is 1.32 bits per heavy atom. The van der Waals surface area contributed by atoms with E-state index in [2.05, 4.69) is 43.0 Å². The lowest BCUT2D eigenvalue weighted by molar-refractivity contribution is -0.0190. The molecule has 3 unspecified atom stereocenters. The van der Waals surface area contributed by atoms with Crippen LogP contribution in [-0.2, 0) is 6.42 Å². The number of hydrogen-bond donors (Lipinski definition) is 1. The molecule has 1 fully saturated rings. The van der Waals surface area contributed by atoms with Crippen LogP contribution in [0, 0.1) is 11.8 Å². The van der Waals surface area contributed by atoms with E-state index in [9.17, 15) is 5.11 Å². The molecule has 2 heteroatoms. The molecular weight excluding hydrogens is 234 g/mol. The summed E-state index contributed by atoms with van der Waals surface area (Å²) in [5.74, 6) is 1.13. The lowest BCUT2D eigenvalue weighted by Crippen LogP contribution is -2.48. The van der Waals surface area contributed by atoms with Crippen LogP contribution >= 0.6 is 0 Å². The lowest BCUT2D eigenvalue weighted by atomic mass is 9.79. The van der Waals surface area contributed by atoms with Crippen LogP contribution in [0.4, 0.5) is 0 Å². The number of benzene rings is 1. The van der Waals surface area contributed by atoms with Gasteiger partial charge in [-0.25, -0.2) is 0 Å². The molecule has 0 amide bonds. The molecule has 3 atom stereocenters. The van der Waals surface area contributed by atoms with Gasteiger partial charge in [0, 0.05) is 19.1 Å². The van der Waals surface area contributed by atoms with Crippen molar-refractivity contribution in [3.8, 4) is 0 Å². The van der Waals surface area contributed by atoms with Gasteiger partial charge in [0.2, 0.25) is 0 Å². The van der Waals surface area contributed by atoms with Crippen molar-refractivity contribution < 1.29 is 5.11 Å². The van der Waals surface area contributed by atoms with Gasteiger partial charge < -0.3 is 5.11 Å². The maximum Gasteiger partial charge on any atom is 0.0598 e. The summed E-state index contributed by atoms with van der Waals surface area (Å²) in [4.78, 5) is 2.60. The van der Waals surface area contributed by atoms with Crippen LogP contribution in [0.15, 0.2) is 24.3 Å².